The minimum absolute atomic E-state index is 0.628. The minimum atomic E-state index is 0.628. The van der Waals surface area contributed by atoms with Gasteiger partial charge in [-0.25, -0.2) is 4.98 Å². The van der Waals surface area contributed by atoms with Gasteiger partial charge in [0.1, 0.15) is 5.82 Å². The number of nitrogens with zero attached hydrogens (tertiary/aromatic N) is 2. The molecule has 2 rings (SSSR count). The first-order chi connectivity index (χ1) is 8.60. The molecular weight excluding hydrogens is 224 g/mol. The number of hydrogen-bond acceptors (Lipinski definition) is 4. The van der Waals surface area contributed by atoms with Crippen molar-refractivity contribution in [1.29, 1.82) is 0 Å². The van der Waals surface area contributed by atoms with E-state index in [9.17, 15) is 0 Å². The Morgan fingerprint density at radius 2 is 1.83 bits per heavy atom. The lowest BCUT2D eigenvalue weighted by atomic mass is 10.1. The first kappa shape index (κ1) is 12.4. The number of aryl methyl sites for hydroxylation is 2. The predicted molar refractivity (Wildman–Crippen MR) is 75.5 cm³/mol. The Bertz CT molecular complexity index is 564. The third-order valence-corrected chi connectivity index (χ3v) is 2.95. The highest BCUT2D eigenvalue weighted by molar-refractivity contribution is 5.62. The van der Waals surface area contributed by atoms with Crippen LogP contribution in [0, 0.1) is 20.8 Å². The third-order valence-electron chi connectivity index (χ3n) is 2.95. The van der Waals surface area contributed by atoms with E-state index in [-0.39, 0.29) is 0 Å². The maximum atomic E-state index is 4.38. The zero-order valence-electron chi connectivity index (χ0n) is 11.2. The number of hydrogen-bond donors (Lipinski definition) is 2. The van der Waals surface area contributed by atoms with Crippen LogP contribution < -0.4 is 10.6 Å². The van der Waals surface area contributed by atoms with Crippen molar-refractivity contribution in [3.05, 3.63) is 41.1 Å². The van der Waals surface area contributed by atoms with Gasteiger partial charge in [-0.3, -0.25) is 0 Å². The smallest absolute Gasteiger partial charge is 0.224 e. The molecule has 1 heterocycles. The van der Waals surface area contributed by atoms with Crippen LogP contribution in [0.15, 0.2) is 24.3 Å². The van der Waals surface area contributed by atoms with Crippen molar-refractivity contribution in [3.8, 4) is 0 Å². The normalized spacial score (nSPS) is 10.2. The van der Waals surface area contributed by atoms with Crippen LogP contribution in [0.1, 0.15) is 16.8 Å². The van der Waals surface area contributed by atoms with Gasteiger partial charge < -0.3 is 10.6 Å². The van der Waals surface area contributed by atoms with Crippen molar-refractivity contribution in [2.75, 3.05) is 17.7 Å². The summed E-state index contributed by atoms with van der Waals surface area (Å²) < 4.78 is 0. The van der Waals surface area contributed by atoms with Crippen LogP contribution in [0.4, 0.5) is 17.5 Å². The van der Waals surface area contributed by atoms with Crippen LogP contribution >= 0.6 is 0 Å². The molecule has 4 nitrogen and oxygen atoms in total. The number of nitrogens with one attached hydrogen (secondary N) is 2. The fraction of sp³-hybridized carbons (Fsp3) is 0.286. The quantitative estimate of drug-likeness (QED) is 0.868. The Morgan fingerprint density at radius 1 is 1.06 bits per heavy atom. The van der Waals surface area contributed by atoms with Gasteiger partial charge >= 0.3 is 0 Å². The summed E-state index contributed by atoms with van der Waals surface area (Å²) in [6.07, 6.45) is 0. The lowest BCUT2D eigenvalue weighted by Crippen LogP contribution is -2.03. The maximum Gasteiger partial charge on any atom is 0.224 e. The lowest BCUT2D eigenvalue weighted by molar-refractivity contribution is 1.10. The number of benzene rings is 1. The Hall–Kier alpha value is -2.10. The molecule has 18 heavy (non-hydrogen) atoms. The van der Waals surface area contributed by atoms with Gasteiger partial charge in [-0.15, -0.1) is 0 Å². The molecule has 0 saturated heterocycles. The molecule has 1 aromatic carbocycles. The van der Waals surface area contributed by atoms with Gasteiger partial charge in [-0.1, -0.05) is 12.1 Å². The largest absolute Gasteiger partial charge is 0.357 e. The Morgan fingerprint density at radius 3 is 2.56 bits per heavy atom. The molecule has 4 heteroatoms. The van der Waals surface area contributed by atoms with Crippen LogP contribution in [0.3, 0.4) is 0 Å². The van der Waals surface area contributed by atoms with E-state index >= 15 is 0 Å². The van der Waals surface area contributed by atoms with Crippen LogP contribution in [-0.4, -0.2) is 17.0 Å². The van der Waals surface area contributed by atoms with Crippen LogP contribution in [0.25, 0.3) is 0 Å². The summed E-state index contributed by atoms with van der Waals surface area (Å²) in [5.74, 6) is 1.43. The van der Waals surface area contributed by atoms with E-state index in [1.165, 1.54) is 11.1 Å². The average Bonchev–Trinajstić information content (AvgIpc) is 2.34. The molecule has 0 spiro atoms. The number of rotatable bonds is 3. The van der Waals surface area contributed by atoms with Gasteiger partial charge in [-0.2, -0.15) is 4.98 Å². The Balaban J connectivity index is 2.34. The molecular formula is C14H18N4. The van der Waals surface area contributed by atoms with Crippen molar-refractivity contribution in [1.82, 2.24) is 9.97 Å². The fourth-order valence-corrected chi connectivity index (χ4v) is 1.77. The molecule has 0 bridgehead atoms. The maximum absolute atomic E-state index is 4.38. The zero-order valence-corrected chi connectivity index (χ0v) is 11.2. The van der Waals surface area contributed by atoms with Gasteiger partial charge in [0.2, 0.25) is 5.95 Å². The summed E-state index contributed by atoms with van der Waals surface area (Å²) in [4.78, 5) is 8.66. The van der Waals surface area contributed by atoms with Crippen molar-refractivity contribution in [3.63, 3.8) is 0 Å². The summed E-state index contributed by atoms with van der Waals surface area (Å²) in [6.45, 7) is 6.16. The van der Waals surface area contributed by atoms with Crippen molar-refractivity contribution >= 4 is 17.5 Å². The van der Waals surface area contributed by atoms with Gasteiger partial charge in [0.15, 0.2) is 0 Å². The highest BCUT2D eigenvalue weighted by Gasteiger charge is 2.04. The Labute approximate surface area is 107 Å². The highest BCUT2D eigenvalue weighted by Crippen LogP contribution is 2.22. The first-order valence-electron chi connectivity index (χ1n) is 5.97. The molecule has 0 radical (unpaired) electrons. The van der Waals surface area contributed by atoms with Gasteiger partial charge in [0.25, 0.3) is 0 Å². The summed E-state index contributed by atoms with van der Waals surface area (Å²) in [7, 11) is 1.82. The highest BCUT2D eigenvalue weighted by atomic mass is 15.1. The average molecular weight is 242 g/mol. The molecule has 0 aliphatic carbocycles. The van der Waals surface area contributed by atoms with E-state index in [4.69, 9.17) is 0 Å². The van der Waals surface area contributed by atoms with Gasteiger partial charge in [0.05, 0.1) is 0 Å². The van der Waals surface area contributed by atoms with Crippen molar-refractivity contribution < 1.29 is 0 Å². The second-order valence-corrected chi connectivity index (χ2v) is 4.34. The molecule has 0 fully saturated rings. The Kier molecular flexibility index (Phi) is 3.46. The van der Waals surface area contributed by atoms with E-state index < -0.39 is 0 Å². The van der Waals surface area contributed by atoms with Gasteiger partial charge in [0, 0.05) is 24.5 Å². The molecule has 0 unspecified atom stereocenters. The number of anilines is 3. The van der Waals surface area contributed by atoms with E-state index in [2.05, 4.69) is 46.6 Å². The molecule has 0 aliphatic rings. The van der Waals surface area contributed by atoms with Crippen LogP contribution in [-0.2, 0) is 0 Å². The van der Waals surface area contributed by atoms with Gasteiger partial charge in [-0.05, 0) is 38.0 Å². The zero-order chi connectivity index (χ0) is 13.1. The molecule has 1 aromatic heterocycles. The summed E-state index contributed by atoms with van der Waals surface area (Å²) in [6, 6.07) is 8.13. The number of aromatic nitrogens is 2. The standard InChI is InChI=1S/C14H18N4/c1-9-6-5-7-12(11(9)3)17-13-8-10(2)16-14(15-4)18-13/h5-8H,1-4H3,(H2,15,16,17,18). The molecule has 0 saturated carbocycles. The molecule has 2 N–H and O–H groups in total. The topological polar surface area (TPSA) is 49.8 Å². The molecule has 0 atom stereocenters. The van der Waals surface area contributed by atoms with Crippen LogP contribution in [0.2, 0.25) is 0 Å². The van der Waals surface area contributed by atoms with Crippen LogP contribution in [0.5, 0.6) is 0 Å². The first-order valence-corrected chi connectivity index (χ1v) is 5.97. The monoisotopic (exact) mass is 242 g/mol. The summed E-state index contributed by atoms with van der Waals surface area (Å²) in [5.41, 5.74) is 4.51. The second-order valence-electron chi connectivity index (χ2n) is 4.34. The second kappa shape index (κ2) is 5.04. The van der Waals surface area contributed by atoms with Crippen molar-refractivity contribution in [2.24, 2.45) is 0 Å². The van der Waals surface area contributed by atoms with E-state index in [0.29, 0.717) is 5.95 Å². The molecule has 0 aliphatic heterocycles. The van der Waals surface area contributed by atoms with E-state index in [0.717, 1.165) is 17.2 Å². The third kappa shape index (κ3) is 2.59. The van der Waals surface area contributed by atoms with E-state index in [1.54, 1.807) is 0 Å². The molecule has 94 valence electrons. The molecule has 2 aromatic rings. The lowest BCUT2D eigenvalue weighted by Gasteiger charge is -2.12. The summed E-state index contributed by atoms with van der Waals surface area (Å²) >= 11 is 0. The predicted octanol–water partition coefficient (Wildman–Crippen LogP) is 3.19. The van der Waals surface area contributed by atoms with E-state index in [1.807, 2.05) is 26.1 Å². The molecule has 0 amide bonds. The fourth-order valence-electron chi connectivity index (χ4n) is 1.77. The summed E-state index contributed by atoms with van der Waals surface area (Å²) in [5, 5.41) is 6.30. The van der Waals surface area contributed by atoms with Crippen molar-refractivity contribution in [2.45, 2.75) is 20.8 Å². The SMILES string of the molecule is CNc1nc(C)cc(Nc2cccc(C)c2C)n1. The minimum Gasteiger partial charge on any atom is -0.357 e.